The van der Waals surface area contributed by atoms with E-state index in [0.717, 1.165) is 22.6 Å². The number of rotatable bonds is 4. The molecule has 0 fully saturated rings. The molecule has 3 aromatic rings. The fourth-order valence-electron chi connectivity index (χ4n) is 1.98. The van der Waals surface area contributed by atoms with E-state index in [2.05, 4.69) is 25.6 Å². The molecule has 0 aliphatic heterocycles. The first-order valence-corrected chi connectivity index (χ1v) is 8.09. The number of nitrogens with zero attached hydrogens (tertiary/aromatic N) is 3. The monoisotopic (exact) mass is 359 g/mol. The number of hydrogen-bond acceptors (Lipinski definition) is 7. The van der Waals surface area contributed by atoms with Gasteiger partial charge >= 0.3 is 6.09 Å². The number of pyridine rings is 2. The maximum atomic E-state index is 12.8. The zero-order valence-corrected chi connectivity index (χ0v) is 14.2. The number of aryl methyl sites for hydroxylation is 2. The van der Waals surface area contributed by atoms with Crippen molar-refractivity contribution in [3.8, 4) is 5.88 Å². The van der Waals surface area contributed by atoms with Crippen molar-refractivity contribution in [1.29, 1.82) is 0 Å². The minimum absolute atomic E-state index is 0.150. The molecule has 25 heavy (non-hydrogen) atoms. The largest absolute Gasteiger partial charge is 0.419 e. The molecule has 3 rings (SSSR count). The van der Waals surface area contributed by atoms with Crippen molar-refractivity contribution in [3.63, 3.8) is 0 Å². The summed E-state index contributed by atoms with van der Waals surface area (Å²) in [7, 11) is 0. The molecule has 0 spiro atoms. The Bertz CT molecular complexity index is 898. The highest BCUT2D eigenvalue weighted by Gasteiger charge is 2.15. The molecule has 9 heteroatoms. The van der Waals surface area contributed by atoms with Crippen molar-refractivity contribution >= 4 is 33.9 Å². The molecule has 3 aromatic heterocycles. The van der Waals surface area contributed by atoms with Crippen molar-refractivity contribution in [2.24, 2.45) is 0 Å². The Balaban J connectivity index is 1.72. The summed E-state index contributed by atoms with van der Waals surface area (Å²) in [5, 5.41) is 6.89. The summed E-state index contributed by atoms with van der Waals surface area (Å²) < 4.78 is 18.1. The van der Waals surface area contributed by atoms with Crippen LogP contribution in [0.15, 0.2) is 36.7 Å². The first-order valence-electron chi connectivity index (χ1n) is 7.27. The molecule has 0 saturated heterocycles. The number of carbonyl (C=O) groups is 1. The Kier molecular flexibility index (Phi) is 4.85. The summed E-state index contributed by atoms with van der Waals surface area (Å²) in [6, 6.07) is 6.19. The fraction of sp³-hybridized carbons (Fsp3) is 0.125. The molecule has 3 heterocycles. The molecule has 1 amide bonds. The summed E-state index contributed by atoms with van der Waals surface area (Å²) in [5.41, 5.74) is 1.66. The second-order valence-electron chi connectivity index (χ2n) is 5.05. The van der Waals surface area contributed by atoms with E-state index in [-0.39, 0.29) is 11.7 Å². The van der Waals surface area contributed by atoms with E-state index in [1.807, 2.05) is 13.0 Å². The standard InChI is InChI=1S/C16H14FN5O2S/c1-9-7-12(5-6-18-9)21-15-14(20-10(2)25-15)24-16(23)22-13-4-3-11(17)8-19-13/h3-8H,1-2H3,(H,18,21)(H,19,22,23). The van der Waals surface area contributed by atoms with Gasteiger partial charge in [0, 0.05) is 17.6 Å². The molecule has 0 atom stereocenters. The van der Waals surface area contributed by atoms with Crippen molar-refractivity contribution in [2.75, 3.05) is 10.6 Å². The lowest BCUT2D eigenvalue weighted by atomic mass is 10.3. The van der Waals surface area contributed by atoms with Crippen LogP contribution in [0.5, 0.6) is 5.88 Å². The molecular formula is C16H14FN5O2S. The maximum Gasteiger partial charge on any atom is 0.419 e. The Morgan fingerprint density at radius 1 is 1.24 bits per heavy atom. The summed E-state index contributed by atoms with van der Waals surface area (Å²) in [6.07, 6.45) is 1.92. The summed E-state index contributed by atoms with van der Waals surface area (Å²) in [6.45, 7) is 3.68. The molecular weight excluding hydrogens is 345 g/mol. The van der Waals surface area contributed by atoms with Gasteiger partial charge in [-0.3, -0.25) is 10.3 Å². The number of thiazole rings is 1. The predicted molar refractivity (Wildman–Crippen MR) is 92.9 cm³/mol. The smallest absolute Gasteiger partial charge is 0.388 e. The second kappa shape index (κ2) is 7.22. The minimum Gasteiger partial charge on any atom is -0.388 e. The van der Waals surface area contributed by atoms with Crippen LogP contribution in [0.25, 0.3) is 0 Å². The molecule has 0 unspecified atom stereocenters. The Hall–Kier alpha value is -3.07. The number of amides is 1. The third kappa shape index (κ3) is 4.48. The van der Waals surface area contributed by atoms with Crippen LogP contribution in [0.2, 0.25) is 0 Å². The number of aromatic nitrogens is 3. The highest BCUT2D eigenvalue weighted by molar-refractivity contribution is 7.16. The maximum absolute atomic E-state index is 12.8. The minimum atomic E-state index is -0.765. The van der Waals surface area contributed by atoms with Crippen LogP contribution in [0.1, 0.15) is 10.7 Å². The zero-order valence-electron chi connectivity index (χ0n) is 13.4. The number of nitrogens with one attached hydrogen (secondary N) is 2. The van der Waals surface area contributed by atoms with Gasteiger partial charge in [-0.2, -0.15) is 0 Å². The summed E-state index contributed by atoms with van der Waals surface area (Å²) in [5.74, 6) is -0.164. The number of hydrogen-bond donors (Lipinski definition) is 2. The molecule has 2 N–H and O–H groups in total. The molecule has 7 nitrogen and oxygen atoms in total. The van der Waals surface area contributed by atoms with Gasteiger partial charge in [0.15, 0.2) is 5.00 Å². The van der Waals surface area contributed by atoms with E-state index < -0.39 is 11.9 Å². The molecule has 0 aliphatic rings. The van der Waals surface area contributed by atoms with Crippen molar-refractivity contribution in [3.05, 3.63) is 53.2 Å². The van der Waals surface area contributed by atoms with Gasteiger partial charge < -0.3 is 10.1 Å². The second-order valence-corrected chi connectivity index (χ2v) is 6.26. The normalized spacial score (nSPS) is 10.4. The molecule has 0 bridgehead atoms. The number of anilines is 3. The van der Waals surface area contributed by atoms with E-state index in [0.29, 0.717) is 5.00 Å². The number of halogens is 1. The molecule has 128 valence electrons. The van der Waals surface area contributed by atoms with Crippen LogP contribution in [-0.4, -0.2) is 21.0 Å². The van der Waals surface area contributed by atoms with E-state index in [1.54, 1.807) is 19.2 Å². The van der Waals surface area contributed by atoms with Crippen LogP contribution in [-0.2, 0) is 0 Å². The quantitative estimate of drug-likeness (QED) is 0.731. The third-order valence-electron chi connectivity index (χ3n) is 3.00. The SMILES string of the molecule is Cc1cc(Nc2sc(C)nc2OC(=O)Nc2ccc(F)cn2)ccn1. The van der Waals surface area contributed by atoms with Gasteiger partial charge in [0.05, 0.1) is 11.2 Å². The Morgan fingerprint density at radius 3 is 2.80 bits per heavy atom. The fourth-order valence-corrected chi connectivity index (χ4v) is 2.75. The van der Waals surface area contributed by atoms with Crippen LogP contribution in [0, 0.1) is 19.7 Å². The van der Waals surface area contributed by atoms with E-state index >= 15 is 0 Å². The average Bonchev–Trinajstić information content (AvgIpc) is 2.89. The van der Waals surface area contributed by atoms with Gasteiger partial charge in [-0.25, -0.2) is 19.2 Å². The average molecular weight is 359 g/mol. The van der Waals surface area contributed by atoms with Crippen molar-refractivity contribution in [1.82, 2.24) is 15.0 Å². The highest BCUT2D eigenvalue weighted by atomic mass is 32.1. The number of ether oxygens (including phenoxy) is 1. The molecule has 0 radical (unpaired) electrons. The molecule has 0 saturated carbocycles. The van der Waals surface area contributed by atoms with E-state index in [9.17, 15) is 9.18 Å². The highest BCUT2D eigenvalue weighted by Crippen LogP contribution is 2.33. The lowest BCUT2D eigenvalue weighted by Gasteiger charge is -2.07. The van der Waals surface area contributed by atoms with Gasteiger partial charge in [-0.1, -0.05) is 11.3 Å². The molecule has 0 aromatic carbocycles. The van der Waals surface area contributed by atoms with Crippen LogP contribution < -0.4 is 15.4 Å². The lowest BCUT2D eigenvalue weighted by Crippen LogP contribution is -2.18. The van der Waals surface area contributed by atoms with Crippen LogP contribution in [0.4, 0.5) is 25.7 Å². The summed E-state index contributed by atoms with van der Waals surface area (Å²) in [4.78, 5) is 24.1. The first kappa shape index (κ1) is 16.8. The number of carbonyl (C=O) groups excluding carboxylic acids is 1. The van der Waals surface area contributed by atoms with E-state index in [1.165, 1.54) is 23.5 Å². The third-order valence-corrected chi connectivity index (χ3v) is 3.87. The van der Waals surface area contributed by atoms with Gasteiger partial charge in [0.25, 0.3) is 5.88 Å². The Morgan fingerprint density at radius 2 is 2.08 bits per heavy atom. The topological polar surface area (TPSA) is 89.0 Å². The Labute approximate surface area is 146 Å². The predicted octanol–water partition coefficient (Wildman–Crippen LogP) is 4.04. The van der Waals surface area contributed by atoms with Gasteiger partial charge in [0.2, 0.25) is 0 Å². The first-order chi connectivity index (χ1) is 12.0. The van der Waals surface area contributed by atoms with Crippen LogP contribution >= 0.6 is 11.3 Å². The van der Waals surface area contributed by atoms with Gasteiger partial charge in [-0.05, 0) is 38.1 Å². The van der Waals surface area contributed by atoms with Gasteiger partial charge in [0.1, 0.15) is 11.6 Å². The van der Waals surface area contributed by atoms with Gasteiger partial charge in [-0.15, -0.1) is 0 Å². The van der Waals surface area contributed by atoms with Crippen molar-refractivity contribution < 1.29 is 13.9 Å². The van der Waals surface area contributed by atoms with Crippen LogP contribution in [0.3, 0.4) is 0 Å². The summed E-state index contributed by atoms with van der Waals surface area (Å²) >= 11 is 1.35. The zero-order chi connectivity index (χ0) is 17.8. The lowest BCUT2D eigenvalue weighted by molar-refractivity contribution is 0.213. The van der Waals surface area contributed by atoms with E-state index in [4.69, 9.17) is 4.74 Å². The van der Waals surface area contributed by atoms with Crippen molar-refractivity contribution in [2.45, 2.75) is 13.8 Å². The molecule has 0 aliphatic carbocycles.